The number of benzene rings is 2. The Morgan fingerprint density at radius 3 is 2.48 bits per heavy atom. The lowest BCUT2D eigenvalue weighted by Gasteiger charge is -2.14. The molecular formula is C20H25NO2. The third-order valence-corrected chi connectivity index (χ3v) is 3.51. The maximum absolute atomic E-state index is 12.1. The predicted octanol–water partition coefficient (Wildman–Crippen LogP) is 4.74. The zero-order valence-electron chi connectivity index (χ0n) is 14.1. The molecule has 0 heterocycles. The quantitative estimate of drug-likeness (QED) is 0.802. The molecule has 23 heavy (non-hydrogen) atoms. The predicted molar refractivity (Wildman–Crippen MR) is 95.0 cm³/mol. The van der Waals surface area contributed by atoms with Crippen molar-refractivity contribution in [3.8, 4) is 5.75 Å². The van der Waals surface area contributed by atoms with Crippen molar-refractivity contribution in [2.24, 2.45) is 0 Å². The van der Waals surface area contributed by atoms with Crippen LogP contribution in [0, 0.1) is 6.92 Å². The van der Waals surface area contributed by atoms with Crippen LogP contribution in [0.1, 0.15) is 37.8 Å². The van der Waals surface area contributed by atoms with Gasteiger partial charge in [0.05, 0.1) is 11.8 Å². The van der Waals surface area contributed by atoms with Crippen LogP contribution in [0.15, 0.2) is 48.5 Å². The minimum atomic E-state index is 0.0249. The molecule has 122 valence electrons. The first-order valence-electron chi connectivity index (χ1n) is 8.15. The maximum atomic E-state index is 12.1. The molecule has 0 unspecified atom stereocenters. The van der Waals surface area contributed by atoms with Crippen LogP contribution in [-0.2, 0) is 11.2 Å². The highest BCUT2D eigenvalue weighted by molar-refractivity contribution is 5.92. The number of amides is 1. The highest BCUT2D eigenvalue weighted by atomic mass is 16.5. The average molecular weight is 311 g/mol. The monoisotopic (exact) mass is 311 g/mol. The molecule has 0 aliphatic rings. The molecule has 0 saturated heterocycles. The van der Waals surface area contributed by atoms with Crippen molar-refractivity contribution in [3.63, 3.8) is 0 Å². The van der Waals surface area contributed by atoms with Gasteiger partial charge in [-0.2, -0.15) is 0 Å². The van der Waals surface area contributed by atoms with Crippen LogP contribution in [0.4, 0.5) is 5.69 Å². The van der Waals surface area contributed by atoms with Crippen LogP contribution in [0.3, 0.4) is 0 Å². The van der Waals surface area contributed by atoms with Gasteiger partial charge in [-0.05, 0) is 51.3 Å². The van der Waals surface area contributed by atoms with Crippen molar-refractivity contribution in [1.29, 1.82) is 0 Å². The number of nitrogens with one attached hydrogen (secondary N) is 1. The number of anilines is 1. The molecular weight excluding hydrogens is 286 g/mol. The van der Waals surface area contributed by atoms with Gasteiger partial charge in [0, 0.05) is 6.42 Å². The Morgan fingerprint density at radius 1 is 1.09 bits per heavy atom. The van der Waals surface area contributed by atoms with Crippen molar-refractivity contribution in [3.05, 3.63) is 59.7 Å². The fraction of sp³-hybridized carbons (Fsp3) is 0.350. The Hall–Kier alpha value is -2.29. The molecule has 1 N–H and O–H groups in total. The van der Waals surface area contributed by atoms with Crippen LogP contribution in [0.2, 0.25) is 0 Å². The Morgan fingerprint density at radius 2 is 1.78 bits per heavy atom. The lowest BCUT2D eigenvalue weighted by molar-refractivity contribution is -0.116. The highest BCUT2D eigenvalue weighted by Gasteiger charge is 2.08. The van der Waals surface area contributed by atoms with Gasteiger partial charge in [-0.15, -0.1) is 0 Å². The van der Waals surface area contributed by atoms with Gasteiger partial charge in [-0.1, -0.05) is 42.0 Å². The van der Waals surface area contributed by atoms with E-state index in [2.05, 4.69) is 36.5 Å². The van der Waals surface area contributed by atoms with E-state index in [-0.39, 0.29) is 12.0 Å². The summed E-state index contributed by atoms with van der Waals surface area (Å²) >= 11 is 0. The first kappa shape index (κ1) is 17.1. The van der Waals surface area contributed by atoms with E-state index in [9.17, 15) is 4.79 Å². The Balaban J connectivity index is 1.84. The normalized spacial score (nSPS) is 10.6. The second kappa shape index (κ2) is 8.37. The summed E-state index contributed by atoms with van der Waals surface area (Å²) in [6.07, 6.45) is 2.33. The van der Waals surface area contributed by atoms with Gasteiger partial charge in [0.1, 0.15) is 5.75 Å². The molecule has 0 aliphatic heterocycles. The summed E-state index contributed by atoms with van der Waals surface area (Å²) in [7, 11) is 0. The molecule has 2 aromatic carbocycles. The smallest absolute Gasteiger partial charge is 0.224 e. The van der Waals surface area contributed by atoms with E-state index in [0.29, 0.717) is 6.42 Å². The van der Waals surface area contributed by atoms with E-state index in [0.717, 1.165) is 24.3 Å². The first-order valence-corrected chi connectivity index (χ1v) is 8.15. The lowest BCUT2D eigenvalue weighted by atomic mass is 10.1. The second-order valence-electron chi connectivity index (χ2n) is 6.05. The highest BCUT2D eigenvalue weighted by Crippen LogP contribution is 2.25. The third kappa shape index (κ3) is 5.78. The molecule has 0 spiro atoms. The van der Waals surface area contributed by atoms with E-state index in [1.165, 1.54) is 11.1 Å². The number of para-hydroxylation sites is 2. The number of hydrogen-bond donors (Lipinski definition) is 1. The molecule has 0 saturated carbocycles. The summed E-state index contributed by atoms with van der Waals surface area (Å²) in [5, 5.41) is 2.95. The van der Waals surface area contributed by atoms with Gasteiger partial charge in [0.15, 0.2) is 0 Å². The number of hydrogen-bond acceptors (Lipinski definition) is 2. The van der Waals surface area contributed by atoms with Crippen molar-refractivity contribution < 1.29 is 9.53 Å². The van der Waals surface area contributed by atoms with Crippen LogP contribution < -0.4 is 10.1 Å². The minimum absolute atomic E-state index is 0.0249. The van der Waals surface area contributed by atoms with Crippen LogP contribution in [-0.4, -0.2) is 12.0 Å². The van der Waals surface area contributed by atoms with E-state index in [4.69, 9.17) is 4.74 Å². The van der Waals surface area contributed by atoms with Crippen LogP contribution in [0.25, 0.3) is 0 Å². The topological polar surface area (TPSA) is 38.3 Å². The van der Waals surface area contributed by atoms with Gasteiger partial charge in [-0.3, -0.25) is 4.79 Å². The van der Waals surface area contributed by atoms with E-state index >= 15 is 0 Å². The molecule has 2 aromatic rings. The number of carbonyl (C=O) groups excluding carboxylic acids is 1. The van der Waals surface area contributed by atoms with Crippen molar-refractivity contribution in [2.75, 3.05) is 5.32 Å². The molecule has 0 radical (unpaired) electrons. The molecule has 3 heteroatoms. The molecule has 3 nitrogen and oxygen atoms in total. The van der Waals surface area contributed by atoms with E-state index < -0.39 is 0 Å². The summed E-state index contributed by atoms with van der Waals surface area (Å²) in [6.45, 7) is 6.02. The largest absolute Gasteiger partial charge is 0.489 e. The Kier molecular flexibility index (Phi) is 6.21. The number of aryl methyl sites for hydroxylation is 2. The number of carbonyl (C=O) groups is 1. The molecule has 0 aliphatic carbocycles. The van der Waals surface area contributed by atoms with Gasteiger partial charge in [0.25, 0.3) is 0 Å². The molecule has 0 fully saturated rings. The summed E-state index contributed by atoms with van der Waals surface area (Å²) in [6, 6.07) is 16.0. The number of ether oxygens (including phenoxy) is 1. The summed E-state index contributed by atoms with van der Waals surface area (Å²) < 4.78 is 5.72. The maximum Gasteiger partial charge on any atom is 0.224 e. The SMILES string of the molecule is Cc1ccc(CCCC(=O)Nc2ccccc2OC(C)C)cc1. The molecule has 0 aromatic heterocycles. The fourth-order valence-corrected chi connectivity index (χ4v) is 2.35. The zero-order chi connectivity index (χ0) is 16.7. The molecule has 1 amide bonds. The summed E-state index contributed by atoms with van der Waals surface area (Å²) in [5.41, 5.74) is 3.27. The van der Waals surface area contributed by atoms with Crippen molar-refractivity contribution in [1.82, 2.24) is 0 Å². The first-order chi connectivity index (χ1) is 11.0. The zero-order valence-corrected chi connectivity index (χ0v) is 14.1. The Bertz CT molecular complexity index is 632. The second-order valence-corrected chi connectivity index (χ2v) is 6.05. The van der Waals surface area contributed by atoms with Crippen LogP contribution >= 0.6 is 0 Å². The minimum Gasteiger partial charge on any atom is -0.489 e. The van der Waals surface area contributed by atoms with Crippen molar-refractivity contribution in [2.45, 2.75) is 46.1 Å². The number of rotatable bonds is 7. The third-order valence-electron chi connectivity index (χ3n) is 3.51. The van der Waals surface area contributed by atoms with E-state index in [1.807, 2.05) is 38.1 Å². The molecule has 0 atom stereocenters. The lowest BCUT2D eigenvalue weighted by Crippen LogP contribution is -2.14. The van der Waals surface area contributed by atoms with Gasteiger partial charge in [-0.25, -0.2) is 0 Å². The molecule has 0 bridgehead atoms. The Labute approximate surface area is 138 Å². The fourth-order valence-electron chi connectivity index (χ4n) is 2.35. The summed E-state index contributed by atoms with van der Waals surface area (Å²) in [5.74, 6) is 0.742. The standard InChI is InChI=1S/C20H25NO2/c1-15(2)23-19-9-5-4-8-18(19)21-20(22)10-6-7-17-13-11-16(3)12-14-17/h4-5,8-9,11-15H,6-7,10H2,1-3H3,(H,21,22). The van der Waals surface area contributed by atoms with E-state index in [1.54, 1.807) is 0 Å². The van der Waals surface area contributed by atoms with Gasteiger partial charge < -0.3 is 10.1 Å². The van der Waals surface area contributed by atoms with Gasteiger partial charge in [0.2, 0.25) is 5.91 Å². The van der Waals surface area contributed by atoms with Gasteiger partial charge >= 0.3 is 0 Å². The van der Waals surface area contributed by atoms with Crippen LogP contribution in [0.5, 0.6) is 5.75 Å². The average Bonchev–Trinajstić information content (AvgIpc) is 2.51. The molecule has 2 rings (SSSR count). The summed E-state index contributed by atoms with van der Waals surface area (Å²) in [4.78, 5) is 12.1. The van der Waals surface area contributed by atoms with Crippen molar-refractivity contribution >= 4 is 11.6 Å².